The van der Waals surface area contributed by atoms with Gasteiger partial charge in [-0.25, -0.2) is 4.98 Å². The Labute approximate surface area is 340 Å². The minimum absolute atomic E-state index is 0.153. The first-order valence-electron chi connectivity index (χ1n) is 20.1. The van der Waals surface area contributed by atoms with Crippen LogP contribution in [0.5, 0.6) is 5.75 Å². The van der Waals surface area contributed by atoms with Gasteiger partial charge in [0, 0.05) is 38.6 Å². The zero-order valence-electron chi connectivity index (χ0n) is 34.6. The summed E-state index contributed by atoms with van der Waals surface area (Å²) in [7, 11) is 0. The normalized spacial score (nSPS) is 12.6. The average molecular weight is 760 g/mol. The Morgan fingerprint density at radius 3 is 1.97 bits per heavy atom. The third-order valence-corrected chi connectivity index (χ3v) is 11.7. The second kappa shape index (κ2) is 13.6. The van der Waals surface area contributed by atoms with Crippen LogP contribution in [0.25, 0.3) is 72.4 Å². The molecule has 3 heterocycles. The highest BCUT2D eigenvalue weighted by atomic mass is 16.3. The van der Waals surface area contributed by atoms with Crippen LogP contribution in [0, 0.1) is 0 Å². The molecule has 0 aliphatic heterocycles. The van der Waals surface area contributed by atoms with Gasteiger partial charge in [0.15, 0.2) is 5.58 Å². The number of hydrogen-bond acceptors (Lipinski definition) is 4. The van der Waals surface area contributed by atoms with E-state index >= 15 is 0 Å². The highest BCUT2D eigenvalue weighted by Gasteiger charge is 2.30. The molecule has 9 rings (SSSR count). The van der Waals surface area contributed by atoms with E-state index in [0.29, 0.717) is 11.4 Å². The third-order valence-electron chi connectivity index (χ3n) is 11.7. The van der Waals surface area contributed by atoms with Crippen LogP contribution in [-0.4, -0.2) is 19.6 Å². The van der Waals surface area contributed by atoms with E-state index < -0.39 is 0 Å². The molecule has 0 bridgehead atoms. The van der Waals surface area contributed by atoms with Gasteiger partial charge in [-0.2, -0.15) is 0 Å². The molecule has 0 saturated carbocycles. The van der Waals surface area contributed by atoms with Crippen molar-refractivity contribution < 1.29 is 9.52 Å². The van der Waals surface area contributed by atoms with Crippen molar-refractivity contribution in [1.82, 2.24) is 14.5 Å². The molecule has 0 saturated heterocycles. The topological polar surface area (TPSA) is 64.1 Å². The van der Waals surface area contributed by atoms with E-state index in [1.54, 1.807) is 0 Å². The molecule has 1 N–H and O–H groups in total. The summed E-state index contributed by atoms with van der Waals surface area (Å²) < 4.78 is 8.38. The zero-order valence-corrected chi connectivity index (χ0v) is 34.6. The van der Waals surface area contributed by atoms with Crippen LogP contribution < -0.4 is 0 Å². The first-order chi connectivity index (χ1) is 27.7. The Balaban J connectivity index is 1.33. The SMILES string of the molecule is CC(C)(C)c1cc(-c2nc3c(-c4cc(-c5cc6c(cn5)oc5ccccc56)cc(C(C)(C)c5ccccc5)c4)cccc3n2-c2ccccc2)c(O)c(C(C)(C)C)c1. The van der Waals surface area contributed by atoms with Gasteiger partial charge in [0.25, 0.3) is 0 Å². The van der Waals surface area contributed by atoms with Gasteiger partial charge in [0.2, 0.25) is 0 Å². The lowest BCUT2D eigenvalue weighted by molar-refractivity contribution is 0.446. The highest BCUT2D eigenvalue weighted by molar-refractivity contribution is 6.06. The number of fused-ring (bicyclic) bond motifs is 4. The summed E-state index contributed by atoms with van der Waals surface area (Å²) in [5.41, 5.74) is 12.7. The Morgan fingerprint density at radius 1 is 0.552 bits per heavy atom. The summed E-state index contributed by atoms with van der Waals surface area (Å²) in [6.45, 7) is 17.7. The van der Waals surface area contributed by atoms with E-state index in [-0.39, 0.29) is 22.0 Å². The van der Waals surface area contributed by atoms with Crippen molar-refractivity contribution in [2.24, 2.45) is 0 Å². The number of para-hydroxylation sites is 3. The molecule has 9 aromatic rings. The highest BCUT2D eigenvalue weighted by Crippen LogP contribution is 2.45. The molecular formula is C53H49N3O2. The molecule has 0 spiro atoms. The lowest BCUT2D eigenvalue weighted by Gasteiger charge is -2.27. The van der Waals surface area contributed by atoms with Crippen LogP contribution in [0.2, 0.25) is 0 Å². The van der Waals surface area contributed by atoms with Crippen molar-refractivity contribution in [3.63, 3.8) is 0 Å². The van der Waals surface area contributed by atoms with E-state index in [0.717, 1.165) is 77.7 Å². The summed E-state index contributed by atoms with van der Waals surface area (Å²) in [5, 5.41) is 14.3. The molecule has 58 heavy (non-hydrogen) atoms. The van der Waals surface area contributed by atoms with Crippen LogP contribution in [0.4, 0.5) is 0 Å². The maximum absolute atomic E-state index is 12.2. The minimum Gasteiger partial charge on any atom is -0.507 e. The first kappa shape index (κ1) is 37.1. The van der Waals surface area contributed by atoms with E-state index in [1.165, 1.54) is 5.56 Å². The Hall–Kier alpha value is -6.46. The van der Waals surface area contributed by atoms with Gasteiger partial charge in [-0.3, -0.25) is 9.55 Å². The molecule has 3 aromatic heterocycles. The molecule has 6 aromatic carbocycles. The average Bonchev–Trinajstić information content (AvgIpc) is 3.79. The predicted molar refractivity (Wildman–Crippen MR) is 240 cm³/mol. The van der Waals surface area contributed by atoms with Crippen molar-refractivity contribution in [3.8, 4) is 45.2 Å². The predicted octanol–water partition coefficient (Wildman–Crippen LogP) is 13.9. The Bertz CT molecular complexity index is 2990. The molecule has 288 valence electrons. The second-order valence-corrected chi connectivity index (χ2v) is 18.2. The van der Waals surface area contributed by atoms with Crippen LogP contribution >= 0.6 is 0 Å². The molecule has 0 unspecified atom stereocenters. The van der Waals surface area contributed by atoms with E-state index in [9.17, 15) is 5.11 Å². The van der Waals surface area contributed by atoms with Crippen molar-refractivity contribution >= 4 is 33.0 Å². The number of benzene rings is 6. The molecule has 5 heteroatoms. The fourth-order valence-corrected chi connectivity index (χ4v) is 8.26. The van der Waals surface area contributed by atoms with Crippen LogP contribution in [0.3, 0.4) is 0 Å². The number of nitrogens with zero attached hydrogens (tertiary/aromatic N) is 3. The van der Waals surface area contributed by atoms with Gasteiger partial charge < -0.3 is 9.52 Å². The molecule has 0 aliphatic rings. The lowest BCUT2D eigenvalue weighted by atomic mass is 9.76. The number of aromatic nitrogens is 3. The fraction of sp³-hybridized carbons (Fsp3) is 0.208. The number of furan rings is 1. The van der Waals surface area contributed by atoms with Crippen LogP contribution in [0.1, 0.15) is 77.6 Å². The van der Waals surface area contributed by atoms with E-state index in [4.69, 9.17) is 14.4 Å². The summed E-state index contributed by atoms with van der Waals surface area (Å²) in [5.74, 6) is 0.958. The van der Waals surface area contributed by atoms with Gasteiger partial charge in [0.1, 0.15) is 17.2 Å². The van der Waals surface area contributed by atoms with Crippen molar-refractivity contribution in [1.29, 1.82) is 0 Å². The van der Waals surface area contributed by atoms with E-state index in [1.807, 2.05) is 30.5 Å². The molecule has 0 radical (unpaired) electrons. The molecule has 0 aliphatic carbocycles. The second-order valence-electron chi connectivity index (χ2n) is 18.2. The third kappa shape index (κ3) is 6.35. The van der Waals surface area contributed by atoms with Gasteiger partial charge >= 0.3 is 0 Å². The number of aromatic hydroxyl groups is 1. The summed E-state index contributed by atoms with van der Waals surface area (Å²) in [4.78, 5) is 10.5. The monoisotopic (exact) mass is 759 g/mol. The van der Waals surface area contributed by atoms with Crippen LogP contribution in [-0.2, 0) is 16.2 Å². The minimum atomic E-state index is -0.330. The van der Waals surface area contributed by atoms with Crippen molar-refractivity contribution in [2.75, 3.05) is 0 Å². The van der Waals surface area contributed by atoms with Gasteiger partial charge in [-0.15, -0.1) is 0 Å². The Kier molecular flexibility index (Phi) is 8.70. The number of imidazole rings is 1. The molecule has 5 nitrogen and oxygen atoms in total. The maximum Gasteiger partial charge on any atom is 0.153 e. The quantitative estimate of drug-likeness (QED) is 0.183. The number of pyridine rings is 1. The standard InChI is InChI=1S/C53H49N3O2/c1-51(2,3)36-29-42(49(57)43(30-36)52(4,5)6)50-55-48-39(23-17-24-45(48)56(50)38-20-13-10-14-21-38)33-26-34(28-37(27-33)53(7,8)35-18-11-9-12-19-35)44-31-41-40-22-15-16-25-46(40)58-47(41)32-54-44/h9-32,57H,1-8H3. The van der Waals surface area contributed by atoms with Crippen molar-refractivity contribution in [2.45, 2.75) is 71.6 Å². The number of phenolic OH excluding ortho intramolecular Hbond substituents is 1. The molecule has 0 atom stereocenters. The van der Waals surface area contributed by atoms with Crippen LogP contribution in [0.15, 0.2) is 150 Å². The zero-order chi connectivity index (χ0) is 40.6. The number of hydrogen-bond donors (Lipinski definition) is 1. The van der Waals surface area contributed by atoms with Gasteiger partial charge in [-0.05, 0) is 81.6 Å². The fourth-order valence-electron chi connectivity index (χ4n) is 8.26. The maximum atomic E-state index is 12.2. The van der Waals surface area contributed by atoms with Gasteiger partial charge in [-0.1, -0.05) is 146 Å². The van der Waals surface area contributed by atoms with Gasteiger partial charge in [0.05, 0.1) is 28.5 Å². The van der Waals surface area contributed by atoms with Crippen molar-refractivity contribution in [3.05, 3.63) is 168 Å². The summed E-state index contributed by atoms with van der Waals surface area (Å²) in [6, 6.07) is 48.9. The smallest absolute Gasteiger partial charge is 0.153 e. The van der Waals surface area contributed by atoms with E-state index in [2.05, 4.69) is 175 Å². The number of rotatable bonds is 6. The summed E-state index contributed by atoms with van der Waals surface area (Å²) in [6.07, 6.45) is 1.85. The summed E-state index contributed by atoms with van der Waals surface area (Å²) >= 11 is 0. The lowest BCUT2D eigenvalue weighted by Crippen LogP contribution is -2.19. The Morgan fingerprint density at radius 2 is 1.24 bits per heavy atom. The molecule has 0 fully saturated rings. The largest absolute Gasteiger partial charge is 0.507 e. The first-order valence-corrected chi connectivity index (χ1v) is 20.1. The number of phenols is 1. The molecule has 0 amide bonds. The molecular weight excluding hydrogens is 711 g/mol.